The zero-order valence-corrected chi connectivity index (χ0v) is 10.5. The van der Waals surface area contributed by atoms with Crippen LogP contribution in [-0.4, -0.2) is 24.6 Å². The number of hydrogen-bond donors (Lipinski definition) is 1. The van der Waals surface area contributed by atoms with Crippen LogP contribution in [0.25, 0.3) is 27.3 Å². The summed E-state index contributed by atoms with van der Waals surface area (Å²) in [7, 11) is 0. The quantitative estimate of drug-likeness (QED) is 0.571. The predicted octanol–water partition coefficient (Wildman–Crippen LogP) is 1.98. The molecule has 0 radical (unpaired) electrons. The smallest absolute Gasteiger partial charge is 0.181 e. The maximum atomic E-state index is 5.71. The number of benzene rings is 1. The minimum Gasteiger partial charge on any atom is -0.375 e. The van der Waals surface area contributed by atoms with Crippen molar-refractivity contribution in [1.29, 1.82) is 0 Å². The standard InChI is InChI=1S/C12H8N6S/c13-12-15-8-2-1-7(5-9(8)19-12)11-17-16-10-3-4-14-6-18(10)11/h1-6H,(H2,13,15). The second-order valence-electron chi connectivity index (χ2n) is 4.07. The minimum atomic E-state index is 0.569. The molecular weight excluding hydrogens is 260 g/mol. The van der Waals surface area contributed by atoms with E-state index < -0.39 is 0 Å². The Labute approximate surface area is 111 Å². The first-order chi connectivity index (χ1) is 9.31. The summed E-state index contributed by atoms with van der Waals surface area (Å²) in [6.45, 7) is 0. The van der Waals surface area contributed by atoms with Crippen LogP contribution in [0.2, 0.25) is 0 Å². The Kier molecular flexibility index (Phi) is 2.04. The first-order valence-corrected chi connectivity index (χ1v) is 6.44. The molecule has 92 valence electrons. The summed E-state index contributed by atoms with van der Waals surface area (Å²) in [4.78, 5) is 8.33. The van der Waals surface area contributed by atoms with E-state index in [0.717, 1.165) is 27.3 Å². The van der Waals surface area contributed by atoms with Crippen LogP contribution >= 0.6 is 11.3 Å². The van der Waals surface area contributed by atoms with Crippen LogP contribution in [0.4, 0.5) is 5.13 Å². The third-order valence-corrected chi connectivity index (χ3v) is 3.72. The van der Waals surface area contributed by atoms with Crippen molar-refractivity contribution < 1.29 is 0 Å². The van der Waals surface area contributed by atoms with Crippen molar-refractivity contribution in [2.75, 3.05) is 5.73 Å². The van der Waals surface area contributed by atoms with Gasteiger partial charge >= 0.3 is 0 Å². The molecule has 0 bridgehead atoms. The molecule has 0 saturated carbocycles. The average Bonchev–Trinajstić information content (AvgIpc) is 2.99. The van der Waals surface area contributed by atoms with E-state index in [9.17, 15) is 0 Å². The first kappa shape index (κ1) is 10.4. The molecule has 3 heterocycles. The molecule has 0 aliphatic carbocycles. The topological polar surface area (TPSA) is 82.0 Å². The molecule has 19 heavy (non-hydrogen) atoms. The molecule has 3 aromatic heterocycles. The number of thiazole rings is 1. The molecule has 7 heteroatoms. The molecule has 6 nitrogen and oxygen atoms in total. The van der Waals surface area contributed by atoms with Crippen molar-refractivity contribution in [2.45, 2.75) is 0 Å². The van der Waals surface area contributed by atoms with Gasteiger partial charge in [0, 0.05) is 17.8 Å². The number of hydrogen-bond acceptors (Lipinski definition) is 6. The third kappa shape index (κ3) is 1.55. The SMILES string of the molecule is Nc1nc2ccc(-c3nnc4ccncn34)cc2s1. The normalized spacial score (nSPS) is 11.4. The lowest BCUT2D eigenvalue weighted by Crippen LogP contribution is -1.89. The Morgan fingerprint density at radius 1 is 1.16 bits per heavy atom. The van der Waals surface area contributed by atoms with Crippen LogP contribution in [0.15, 0.2) is 36.8 Å². The number of rotatable bonds is 1. The van der Waals surface area contributed by atoms with E-state index in [2.05, 4.69) is 20.2 Å². The average molecular weight is 268 g/mol. The fourth-order valence-electron chi connectivity index (χ4n) is 2.02. The van der Waals surface area contributed by atoms with Gasteiger partial charge in [0.2, 0.25) is 0 Å². The lowest BCUT2D eigenvalue weighted by atomic mass is 10.2. The Morgan fingerprint density at radius 3 is 3.05 bits per heavy atom. The largest absolute Gasteiger partial charge is 0.375 e. The van der Waals surface area contributed by atoms with Crippen LogP contribution in [0.3, 0.4) is 0 Å². The molecule has 0 aliphatic heterocycles. The summed E-state index contributed by atoms with van der Waals surface area (Å²) in [6.07, 6.45) is 3.40. The number of aromatic nitrogens is 5. The Morgan fingerprint density at radius 2 is 2.11 bits per heavy atom. The summed E-state index contributed by atoms with van der Waals surface area (Å²) in [5.41, 5.74) is 8.36. The van der Waals surface area contributed by atoms with E-state index in [-0.39, 0.29) is 0 Å². The second-order valence-corrected chi connectivity index (χ2v) is 5.13. The van der Waals surface area contributed by atoms with Gasteiger partial charge < -0.3 is 5.73 Å². The van der Waals surface area contributed by atoms with Gasteiger partial charge in [-0.05, 0) is 18.2 Å². The molecule has 0 amide bonds. The van der Waals surface area contributed by atoms with Gasteiger partial charge in [0.25, 0.3) is 0 Å². The monoisotopic (exact) mass is 268 g/mol. The molecule has 4 aromatic rings. The summed E-state index contributed by atoms with van der Waals surface area (Å²) >= 11 is 1.46. The summed E-state index contributed by atoms with van der Waals surface area (Å²) in [6, 6.07) is 7.74. The first-order valence-electron chi connectivity index (χ1n) is 5.62. The van der Waals surface area contributed by atoms with Crippen LogP contribution in [0.1, 0.15) is 0 Å². The van der Waals surface area contributed by atoms with Gasteiger partial charge in [0.1, 0.15) is 6.33 Å². The third-order valence-electron chi connectivity index (χ3n) is 2.88. The van der Waals surface area contributed by atoms with E-state index in [1.807, 2.05) is 28.7 Å². The van der Waals surface area contributed by atoms with E-state index in [1.165, 1.54) is 11.3 Å². The molecule has 4 rings (SSSR count). The zero-order valence-electron chi connectivity index (χ0n) is 9.69. The van der Waals surface area contributed by atoms with Gasteiger partial charge in [-0.3, -0.25) is 4.40 Å². The zero-order chi connectivity index (χ0) is 12.8. The van der Waals surface area contributed by atoms with E-state index in [4.69, 9.17) is 5.73 Å². The van der Waals surface area contributed by atoms with Crippen molar-refractivity contribution in [1.82, 2.24) is 24.6 Å². The van der Waals surface area contributed by atoms with Gasteiger partial charge in [-0.25, -0.2) is 9.97 Å². The summed E-state index contributed by atoms with van der Waals surface area (Å²) < 4.78 is 2.89. The molecule has 2 N–H and O–H groups in total. The lowest BCUT2D eigenvalue weighted by Gasteiger charge is -1.98. The van der Waals surface area contributed by atoms with Crippen molar-refractivity contribution in [2.24, 2.45) is 0 Å². The molecule has 0 aliphatic rings. The molecular formula is C12H8N6S. The second kappa shape index (κ2) is 3.72. The van der Waals surface area contributed by atoms with E-state index in [1.54, 1.807) is 12.5 Å². The Balaban J connectivity index is 1.98. The fraction of sp³-hybridized carbons (Fsp3) is 0. The van der Waals surface area contributed by atoms with Gasteiger partial charge in [-0.15, -0.1) is 10.2 Å². The Bertz CT molecular complexity index is 893. The highest BCUT2D eigenvalue weighted by atomic mass is 32.1. The summed E-state index contributed by atoms with van der Waals surface area (Å²) in [5, 5.41) is 8.89. The molecule has 0 unspecified atom stereocenters. The van der Waals surface area contributed by atoms with Crippen LogP contribution < -0.4 is 5.73 Å². The highest BCUT2D eigenvalue weighted by molar-refractivity contribution is 7.22. The number of nitrogens with two attached hydrogens (primary N) is 1. The molecule has 0 saturated heterocycles. The van der Waals surface area contributed by atoms with Crippen molar-refractivity contribution in [3.8, 4) is 11.4 Å². The van der Waals surface area contributed by atoms with Crippen LogP contribution in [-0.2, 0) is 0 Å². The maximum absolute atomic E-state index is 5.71. The van der Waals surface area contributed by atoms with Gasteiger partial charge in [0.05, 0.1) is 10.2 Å². The van der Waals surface area contributed by atoms with Crippen molar-refractivity contribution in [3.05, 3.63) is 36.8 Å². The molecule has 0 atom stereocenters. The number of nitrogen functional groups attached to an aromatic ring is 1. The molecule has 0 fully saturated rings. The lowest BCUT2D eigenvalue weighted by molar-refractivity contribution is 1.08. The minimum absolute atomic E-state index is 0.569. The molecule has 1 aromatic carbocycles. The van der Waals surface area contributed by atoms with E-state index in [0.29, 0.717) is 5.13 Å². The highest BCUT2D eigenvalue weighted by Gasteiger charge is 2.09. The predicted molar refractivity (Wildman–Crippen MR) is 73.8 cm³/mol. The van der Waals surface area contributed by atoms with Gasteiger partial charge in [-0.2, -0.15) is 0 Å². The summed E-state index contributed by atoms with van der Waals surface area (Å²) in [5.74, 6) is 0.761. The highest BCUT2D eigenvalue weighted by Crippen LogP contribution is 2.28. The van der Waals surface area contributed by atoms with Crippen molar-refractivity contribution in [3.63, 3.8) is 0 Å². The number of nitrogens with zero attached hydrogens (tertiary/aromatic N) is 5. The van der Waals surface area contributed by atoms with Crippen molar-refractivity contribution >= 4 is 32.3 Å². The van der Waals surface area contributed by atoms with Gasteiger partial charge in [0.15, 0.2) is 16.6 Å². The van der Waals surface area contributed by atoms with Crippen LogP contribution in [0.5, 0.6) is 0 Å². The van der Waals surface area contributed by atoms with E-state index >= 15 is 0 Å². The van der Waals surface area contributed by atoms with Gasteiger partial charge in [-0.1, -0.05) is 11.3 Å². The maximum Gasteiger partial charge on any atom is 0.181 e. The van der Waals surface area contributed by atoms with Crippen LogP contribution in [0, 0.1) is 0 Å². The number of fused-ring (bicyclic) bond motifs is 2. The number of anilines is 1. The fourth-order valence-corrected chi connectivity index (χ4v) is 2.80. The Hall–Kier alpha value is -2.54. The molecule has 0 spiro atoms.